The number of carbonyl (C=O) groups excluding carboxylic acids is 1. The number of hydrogen-bond acceptors (Lipinski definition) is 3. The van der Waals surface area contributed by atoms with Gasteiger partial charge in [0, 0.05) is 18.8 Å². The molecule has 0 aromatic carbocycles. The smallest absolute Gasteiger partial charge is 0.253 e. The molecule has 1 aromatic heterocycles. The van der Waals surface area contributed by atoms with Crippen molar-refractivity contribution in [2.45, 2.75) is 46.6 Å². The molecule has 2 N–H and O–H groups in total. The standard InChI is InChI=1S/C15H24ClN3O/c1-5-17-14-13(16)8-12(9-18-14)15(20)19-11(4)7-6-10(2)3/h8-11H,5-7H2,1-4H3,(H,17,18)(H,19,20). The zero-order chi connectivity index (χ0) is 15.1. The molecule has 0 saturated heterocycles. The Balaban J connectivity index is 2.61. The van der Waals surface area contributed by atoms with Gasteiger partial charge in [0.15, 0.2) is 0 Å². The van der Waals surface area contributed by atoms with Crippen LogP contribution in [0.1, 0.15) is 50.9 Å². The topological polar surface area (TPSA) is 54.0 Å². The van der Waals surface area contributed by atoms with Crippen LogP contribution in [0.2, 0.25) is 5.02 Å². The fraction of sp³-hybridized carbons (Fsp3) is 0.600. The summed E-state index contributed by atoms with van der Waals surface area (Å²) < 4.78 is 0. The third kappa shape index (κ3) is 5.37. The van der Waals surface area contributed by atoms with Crippen LogP contribution in [0.4, 0.5) is 5.82 Å². The van der Waals surface area contributed by atoms with Crippen LogP contribution in [-0.4, -0.2) is 23.5 Å². The predicted octanol–water partition coefficient (Wildman–Crippen LogP) is 3.72. The Morgan fingerprint density at radius 2 is 2.05 bits per heavy atom. The Morgan fingerprint density at radius 1 is 1.35 bits per heavy atom. The van der Waals surface area contributed by atoms with Crippen LogP contribution in [0.5, 0.6) is 0 Å². The minimum absolute atomic E-state index is 0.126. The van der Waals surface area contributed by atoms with Gasteiger partial charge in [-0.1, -0.05) is 25.4 Å². The van der Waals surface area contributed by atoms with Crippen molar-refractivity contribution in [3.05, 3.63) is 22.8 Å². The molecule has 0 aliphatic carbocycles. The average Bonchev–Trinajstić information content (AvgIpc) is 2.39. The van der Waals surface area contributed by atoms with E-state index in [-0.39, 0.29) is 11.9 Å². The molecule has 1 aromatic rings. The number of rotatable bonds is 7. The lowest BCUT2D eigenvalue weighted by Crippen LogP contribution is -2.32. The van der Waals surface area contributed by atoms with E-state index >= 15 is 0 Å². The number of halogens is 1. The summed E-state index contributed by atoms with van der Waals surface area (Å²) in [5, 5.41) is 6.48. The average molecular weight is 298 g/mol. The zero-order valence-corrected chi connectivity index (χ0v) is 13.4. The molecule has 0 fully saturated rings. The molecule has 1 amide bonds. The van der Waals surface area contributed by atoms with Gasteiger partial charge in [-0.25, -0.2) is 4.98 Å². The van der Waals surface area contributed by atoms with Crippen molar-refractivity contribution in [2.24, 2.45) is 5.92 Å². The number of nitrogens with zero attached hydrogens (tertiary/aromatic N) is 1. The molecule has 1 atom stereocenters. The van der Waals surface area contributed by atoms with Crippen molar-refractivity contribution in [3.63, 3.8) is 0 Å². The maximum atomic E-state index is 12.1. The second kappa shape index (κ2) is 8.10. The molecule has 112 valence electrons. The number of hydrogen-bond donors (Lipinski definition) is 2. The molecule has 4 nitrogen and oxygen atoms in total. The number of pyridine rings is 1. The van der Waals surface area contributed by atoms with Crippen LogP contribution >= 0.6 is 11.6 Å². The molecule has 1 heterocycles. The molecule has 0 spiro atoms. The largest absolute Gasteiger partial charge is 0.369 e. The fourth-order valence-electron chi connectivity index (χ4n) is 1.82. The van der Waals surface area contributed by atoms with Crippen molar-refractivity contribution < 1.29 is 4.79 Å². The van der Waals surface area contributed by atoms with Crippen LogP contribution < -0.4 is 10.6 Å². The Kier molecular flexibility index (Phi) is 6.79. The van der Waals surface area contributed by atoms with E-state index < -0.39 is 0 Å². The van der Waals surface area contributed by atoms with Gasteiger partial charge in [-0.3, -0.25) is 4.79 Å². The number of carbonyl (C=O) groups is 1. The highest BCUT2D eigenvalue weighted by molar-refractivity contribution is 6.33. The van der Waals surface area contributed by atoms with Gasteiger partial charge in [-0.05, 0) is 38.7 Å². The highest BCUT2D eigenvalue weighted by atomic mass is 35.5. The van der Waals surface area contributed by atoms with Gasteiger partial charge < -0.3 is 10.6 Å². The third-order valence-electron chi connectivity index (χ3n) is 3.00. The van der Waals surface area contributed by atoms with E-state index in [4.69, 9.17) is 11.6 Å². The normalized spacial score (nSPS) is 12.3. The molecule has 0 aliphatic heterocycles. The van der Waals surface area contributed by atoms with Gasteiger partial charge in [-0.2, -0.15) is 0 Å². The second-order valence-corrected chi connectivity index (χ2v) is 5.84. The van der Waals surface area contributed by atoms with Crippen LogP contribution in [0, 0.1) is 5.92 Å². The van der Waals surface area contributed by atoms with Crippen molar-refractivity contribution in [1.29, 1.82) is 0 Å². The lowest BCUT2D eigenvalue weighted by molar-refractivity contribution is 0.0937. The Morgan fingerprint density at radius 3 is 2.60 bits per heavy atom. The number of aromatic nitrogens is 1. The van der Waals surface area contributed by atoms with Crippen molar-refractivity contribution in [3.8, 4) is 0 Å². The molecule has 0 radical (unpaired) electrons. The summed E-state index contributed by atoms with van der Waals surface area (Å²) in [4.78, 5) is 16.3. The lowest BCUT2D eigenvalue weighted by Gasteiger charge is -2.15. The SMILES string of the molecule is CCNc1ncc(C(=O)NC(C)CCC(C)C)cc1Cl. The summed E-state index contributed by atoms with van der Waals surface area (Å²) in [5.74, 6) is 1.13. The first kappa shape index (κ1) is 16.8. The van der Waals surface area contributed by atoms with Crippen LogP contribution in [0.15, 0.2) is 12.3 Å². The quantitative estimate of drug-likeness (QED) is 0.806. The summed E-state index contributed by atoms with van der Waals surface area (Å²) in [6.45, 7) is 9.08. The first-order valence-electron chi connectivity index (χ1n) is 7.14. The molecule has 0 saturated carbocycles. The van der Waals surface area contributed by atoms with E-state index in [0.717, 1.165) is 19.4 Å². The lowest BCUT2D eigenvalue weighted by atomic mass is 10.0. The third-order valence-corrected chi connectivity index (χ3v) is 3.29. The second-order valence-electron chi connectivity index (χ2n) is 5.43. The monoisotopic (exact) mass is 297 g/mol. The van der Waals surface area contributed by atoms with E-state index in [9.17, 15) is 4.79 Å². The van der Waals surface area contributed by atoms with Gasteiger partial charge >= 0.3 is 0 Å². The van der Waals surface area contributed by atoms with Crippen LogP contribution in [-0.2, 0) is 0 Å². The molecule has 0 bridgehead atoms. The van der Waals surface area contributed by atoms with Gasteiger partial charge in [0.25, 0.3) is 5.91 Å². The number of nitrogens with one attached hydrogen (secondary N) is 2. The molecule has 0 aliphatic rings. The van der Waals surface area contributed by atoms with E-state index in [2.05, 4.69) is 29.5 Å². The fourth-order valence-corrected chi connectivity index (χ4v) is 2.06. The molecule has 5 heteroatoms. The Bertz CT molecular complexity index is 449. The summed E-state index contributed by atoms with van der Waals surface area (Å²) in [6, 6.07) is 1.80. The molecular weight excluding hydrogens is 274 g/mol. The summed E-state index contributed by atoms with van der Waals surface area (Å²) >= 11 is 6.09. The van der Waals surface area contributed by atoms with Crippen LogP contribution in [0.3, 0.4) is 0 Å². The highest BCUT2D eigenvalue weighted by Gasteiger charge is 2.12. The zero-order valence-electron chi connectivity index (χ0n) is 12.7. The van der Waals surface area contributed by atoms with Crippen molar-refractivity contribution >= 4 is 23.3 Å². The van der Waals surface area contributed by atoms with E-state index in [1.54, 1.807) is 12.3 Å². The van der Waals surface area contributed by atoms with Gasteiger partial charge in [0.2, 0.25) is 0 Å². The molecule has 1 rings (SSSR count). The van der Waals surface area contributed by atoms with Crippen molar-refractivity contribution in [2.75, 3.05) is 11.9 Å². The summed E-state index contributed by atoms with van der Waals surface area (Å²) in [6.07, 6.45) is 3.62. The first-order valence-corrected chi connectivity index (χ1v) is 7.52. The van der Waals surface area contributed by atoms with E-state index in [1.165, 1.54) is 0 Å². The van der Waals surface area contributed by atoms with Gasteiger partial charge in [0.1, 0.15) is 5.82 Å². The highest BCUT2D eigenvalue weighted by Crippen LogP contribution is 2.20. The minimum atomic E-state index is -0.126. The minimum Gasteiger partial charge on any atom is -0.369 e. The number of anilines is 1. The summed E-state index contributed by atoms with van der Waals surface area (Å²) in [7, 11) is 0. The first-order chi connectivity index (χ1) is 9.43. The number of amides is 1. The molecule has 20 heavy (non-hydrogen) atoms. The molecule has 1 unspecified atom stereocenters. The van der Waals surface area contributed by atoms with Crippen molar-refractivity contribution in [1.82, 2.24) is 10.3 Å². The van der Waals surface area contributed by atoms with E-state index in [0.29, 0.717) is 22.3 Å². The maximum Gasteiger partial charge on any atom is 0.253 e. The van der Waals surface area contributed by atoms with E-state index in [1.807, 2.05) is 13.8 Å². The van der Waals surface area contributed by atoms with Crippen LogP contribution in [0.25, 0.3) is 0 Å². The Hall–Kier alpha value is -1.29. The molecular formula is C15H24ClN3O. The predicted molar refractivity (Wildman–Crippen MR) is 84.4 cm³/mol. The Labute approximate surface area is 126 Å². The summed E-state index contributed by atoms with van der Waals surface area (Å²) in [5.41, 5.74) is 0.494. The van der Waals surface area contributed by atoms with Gasteiger partial charge in [0.05, 0.1) is 10.6 Å². The maximum absolute atomic E-state index is 12.1. The van der Waals surface area contributed by atoms with Gasteiger partial charge in [-0.15, -0.1) is 0 Å².